The molecular weight excluding hydrogens is 458 g/mol. The molecule has 0 N–H and O–H groups in total. The van der Waals surface area contributed by atoms with Gasteiger partial charge in [0, 0.05) is 30.8 Å². The van der Waals surface area contributed by atoms with Crippen molar-refractivity contribution in [3.63, 3.8) is 0 Å². The molecule has 0 aliphatic carbocycles. The molecule has 2 aromatic carbocycles. The summed E-state index contributed by atoms with van der Waals surface area (Å²) in [5, 5.41) is 10.5. The lowest BCUT2D eigenvalue weighted by molar-refractivity contribution is -0.384. The predicted molar refractivity (Wildman–Crippen MR) is 127 cm³/mol. The standard InChI is InChI=1S/C24H23N3O6S/c28-22(25-11-4-1-5-12-25)15-26-23(29)21(34-24(26)30)14-18-8-2-3-10-20(18)33-16-17-7-6-9-19(13-17)27(31)32/h2-3,6-10,13-14H,1,4-5,11-12,15-16H2. The summed E-state index contributed by atoms with van der Waals surface area (Å²) in [6.45, 7) is 1.14. The molecule has 0 bridgehead atoms. The zero-order valence-corrected chi connectivity index (χ0v) is 19.2. The number of non-ortho nitro benzene ring substituents is 1. The molecule has 176 valence electrons. The van der Waals surface area contributed by atoms with Crippen molar-refractivity contribution in [2.75, 3.05) is 19.6 Å². The molecule has 2 saturated heterocycles. The first-order valence-corrected chi connectivity index (χ1v) is 11.7. The summed E-state index contributed by atoms with van der Waals surface area (Å²) < 4.78 is 5.85. The fourth-order valence-corrected chi connectivity index (χ4v) is 4.64. The van der Waals surface area contributed by atoms with Gasteiger partial charge in [0.1, 0.15) is 18.9 Å². The Morgan fingerprint density at radius 1 is 1.09 bits per heavy atom. The minimum absolute atomic E-state index is 0.0258. The molecule has 34 heavy (non-hydrogen) atoms. The highest BCUT2D eigenvalue weighted by Gasteiger charge is 2.37. The Hall–Kier alpha value is -3.66. The Morgan fingerprint density at radius 3 is 2.62 bits per heavy atom. The molecule has 2 aliphatic heterocycles. The number of piperidine rings is 1. The number of benzene rings is 2. The van der Waals surface area contributed by atoms with Gasteiger partial charge in [0.2, 0.25) is 5.91 Å². The smallest absolute Gasteiger partial charge is 0.294 e. The van der Waals surface area contributed by atoms with Crippen LogP contribution in [0.5, 0.6) is 5.75 Å². The van der Waals surface area contributed by atoms with Crippen LogP contribution in [-0.4, -0.2) is 51.4 Å². The van der Waals surface area contributed by atoms with Crippen molar-refractivity contribution in [1.82, 2.24) is 9.80 Å². The molecule has 3 amide bonds. The van der Waals surface area contributed by atoms with E-state index in [-0.39, 0.29) is 29.7 Å². The summed E-state index contributed by atoms with van der Waals surface area (Å²) in [5.41, 5.74) is 1.18. The number of amides is 3. The van der Waals surface area contributed by atoms with Gasteiger partial charge in [-0.3, -0.25) is 29.4 Å². The Bertz CT molecular complexity index is 1160. The zero-order chi connectivity index (χ0) is 24.1. The minimum Gasteiger partial charge on any atom is -0.488 e. The van der Waals surface area contributed by atoms with Crippen LogP contribution in [0.4, 0.5) is 10.5 Å². The quantitative estimate of drug-likeness (QED) is 0.331. The molecule has 9 nitrogen and oxygen atoms in total. The molecule has 0 saturated carbocycles. The van der Waals surface area contributed by atoms with E-state index in [2.05, 4.69) is 0 Å². The molecule has 4 rings (SSSR count). The van der Waals surface area contributed by atoms with Crippen LogP contribution in [0.15, 0.2) is 53.4 Å². The number of carbonyl (C=O) groups excluding carboxylic acids is 3. The second kappa shape index (κ2) is 10.5. The normalized spacial score (nSPS) is 17.4. The Balaban J connectivity index is 1.46. The number of carbonyl (C=O) groups is 3. The van der Waals surface area contributed by atoms with Crippen LogP contribution in [0.1, 0.15) is 30.4 Å². The molecule has 10 heteroatoms. The van der Waals surface area contributed by atoms with Gasteiger partial charge in [0.05, 0.1) is 9.83 Å². The van der Waals surface area contributed by atoms with Gasteiger partial charge < -0.3 is 9.64 Å². The monoisotopic (exact) mass is 481 g/mol. The summed E-state index contributed by atoms with van der Waals surface area (Å²) in [6.07, 6.45) is 4.51. The Labute approximate surface area is 200 Å². The van der Waals surface area contributed by atoms with Crippen molar-refractivity contribution in [2.24, 2.45) is 0 Å². The predicted octanol–water partition coefficient (Wildman–Crippen LogP) is 4.22. The minimum atomic E-state index is -0.506. The molecule has 2 fully saturated rings. The number of likely N-dealkylation sites (tertiary alicyclic amines) is 1. The molecule has 0 spiro atoms. The second-order valence-corrected chi connectivity index (χ2v) is 8.96. The van der Waals surface area contributed by atoms with E-state index in [0.29, 0.717) is 30.0 Å². The third-order valence-corrected chi connectivity index (χ3v) is 6.50. The maximum atomic E-state index is 12.9. The van der Waals surface area contributed by atoms with Crippen LogP contribution in [0.2, 0.25) is 0 Å². The molecule has 2 heterocycles. The van der Waals surface area contributed by atoms with Gasteiger partial charge >= 0.3 is 0 Å². The fraction of sp³-hybridized carbons (Fsp3) is 0.292. The molecule has 2 aromatic rings. The average molecular weight is 482 g/mol. The first kappa shape index (κ1) is 23.5. The van der Waals surface area contributed by atoms with Crippen molar-refractivity contribution >= 4 is 40.6 Å². The maximum absolute atomic E-state index is 12.9. The van der Waals surface area contributed by atoms with Gasteiger partial charge in [-0.05, 0) is 48.7 Å². The number of hydrogen-bond acceptors (Lipinski definition) is 7. The van der Waals surface area contributed by atoms with Crippen molar-refractivity contribution in [3.05, 3.63) is 74.7 Å². The Kier molecular flexibility index (Phi) is 7.27. The van der Waals surface area contributed by atoms with Crippen molar-refractivity contribution in [1.29, 1.82) is 0 Å². The van der Waals surface area contributed by atoms with Gasteiger partial charge in [0.25, 0.3) is 16.8 Å². The van der Waals surface area contributed by atoms with Crippen molar-refractivity contribution < 1.29 is 24.0 Å². The second-order valence-electron chi connectivity index (χ2n) is 7.96. The first-order chi connectivity index (χ1) is 16.4. The summed E-state index contributed by atoms with van der Waals surface area (Å²) in [4.78, 5) is 51.3. The van der Waals surface area contributed by atoms with Crippen molar-refractivity contribution in [2.45, 2.75) is 25.9 Å². The molecule has 2 aliphatic rings. The lowest BCUT2D eigenvalue weighted by atomic mass is 10.1. The molecule has 0 radical (unpaired) electrons. The van der Waals surface area contributed by atoms with Crippen LogP contribution in [-0.2, 0) is 16.2 Å². The summed E-state index contributed by atoms with van der Waals surface area (Å²) in [7, 11) is 0. The summed E-state index contributed by atoms with van der Waals surface area (Å²) in [6, 6.07) is 13.2. The van der Waals surface area contributed by atoms with Crippen LogP contribution < -0.4 is 4.74 Å². The van der Waals surface area contributed by atoms with E-state index in [1.807, 2.05) is 0 Å². The molecule has 0 atom stereocenters. The van der Waals surface area contributed by atoms with Gasteiger partial charge in [-0.25, -0.2) is 0 Å². The van der Waals surface area contributed by atoms with E-state index >= 15 is 0 Å². The van der Waals surface area contributed by atoms with E-state index in [1.165, 1.54) is 12.1 Å². The first-order valence-electron chi connectivity index (χ1n) is 10.9. The van der Waals surface area contributed by atoms with Crippen molar-refractivity contribution in [3.8, 4) is 5.75 Å². The number of rotatable bonds is 7. The van der Waals surface area contributed by atoms with Crippen LogP contribution in [0, 0.1) is 10.1 Å². The lowest BCUT2D eigenvalue weighted by Gasteiger charge is -2.27. The highest BCUT2D eigenvalue weighted by atomic mass is 32.2. The zero-order valence-electron chi connectivity index (χ0n) is 18.3. The number of ether oxygens (including phenoxy) is 1. The fourth-order valence-electron chi connectivity index (χ4n) is 3.81. The average Bonchev–Trinajstić information content (AvgIpc) is 3.11. The Morgan fingerprint density at radius 2 is 1.85 bits per heavy atom. The van der Waals surface area contributed by atoms with E-state index in [9.17, 15) is 24.5 Å². The van der Waals surface area contributed by atoms with Gasteiger partial charge in [-0.2, -0.15) is 0 Å². The topological polar surface area (TPSA) is 110 Å². The molecule has 0 aromatic heterocycles. The highest BCUT2D eigenvalue weighted by Crippen LogP contribution is 2.34. The van der Waals surface area contributed by atoms with E-state index < -0.39 is 16.1 Å². The largest absolute Gasteiger partial charge is 0.488 e. The maximum Gasteiger partial charge on any atom is 0.294 e. The molecular formula is C24H23N3O6S. The number of hydrogen-bond donors (Lipinski definition) is 0. The summed E-state index contributed by atoms with van der Waals surface area (Å²) in [5.74, 6) is -0.261. The van der Waals surface area contributed by atoms with Crippen LogP contribution >= 0.6 is 11.8 Å². The number of nitro benzene ring substituents is 1. The lowest BCUT2D eigenvalue weighted by Crippen LogP contribution is -2.44. The van der Waals surface area contributed by atoms with E-state index in [0.717, 1.165) is 35.9 Å². The number of thioether (sulfide) groups is 1. The number of para-hydroxylation sites is 1. The third kappa shape index (κ3) is 5.45. The van der Waals surface area contributed by atoms with Gasteiger partial charge in [-0.1, -0.05) is 30.3 Å². The number of imide groups is 1. The van der Waals surface area contributed by atoms with E-state index in [4.69, 9.17) is 4.74 Å². The highest BCUT2D eigenvalue weighted by molar-refractivity contribution is 8.18. The number of nitrogens with zero attached hydrogens (tertiary/aromatic N) is 3. The van der Waals surface area contributed by atoms with E-state index in [1.54, 1.807) is 47.4 Å². The SMILES string of the molecule is O=C(CN1C(=O)SC(=Cc2ccccc2OCc2cccc([N+](=O)[O-])c2)C1=O)N1CCCCC1. The summed E-state index contributed by atoms with van der Waals surface area (Å²) >= 11 is 0.791. The van der Waals surface area contributed by atoms with Crippen LogP contribution in [0.3, 0.4) is 0 Å². The number of nitro groups is 1. The van der Waals surface area contributed by atoms with Gasteiger partial charge in [0.15, 0.2) is 0 Å². The van der Waals surface area contributed by atoms with Crippen LogP contribution in [0.25, 0.3) is 6.08 Å². The third-order valence-electron chi connectivity index (χ3n) is 5.60. The molecule has 0 unspecified atom stereocenters. The van der Waals surface area contributed by atoms with Gasteiger partial charge in [-0.15, -0.1) is 0 Å².